The number of nitrogens with zero attached hydrogens (tertiary/aromatic N) is 2. The van der Waals surface area contributed by atoms with Crippen LogP contribution < -0.4 is 4.90 Å². The van der Waals surface area contributed by atoms with E-state index in [1.165, 1.54) is 109 Å². The van der Waals surface area contributed by atoms with Crippen LogP contribution in [0.1, 0.15) is 38.1 Å². The molecule has 0 bridgehead atoms. The Balaban J connectivity index is 0.893. The minimum absolute atomic E-state index is 0.593. The smallest absolute Gasteiger partial charge is 0.0540 e. The second-order valence-corrected chi connectivity index (χ2v) is 16.3. The fraction of sp³-hybridized carbons (Fsp3) is 0.103. The summed E-state index contributed by atoms with van der Waals surface area (Å²) in [5, 5.41) is 5.16. The van der Waals surface area contributed by atoms with Gasteiger partial charge in [-0.25, -0.2) is 0 Å². The van der Waals surface area contributed by atoms with Crippen molar-refractivity contribution in [2.45, 2.75) is 38.1 Å². The second-order valence-electron chi connectivity index (χ2n) is 16.3. The zero-order valence-electron chi connectivity index (χ0n) is 33.7. The van der Waals surface area contributed by atoms with E-state index in [1.807, 2.05) is 0 Å². The molecule has 0 aliphatic heterocycles. The van der Waals surface area contributed by atoms with Crippen molar-refractivity contribution in [1.29, 1.82) is 0 Å². The maximum absolute atomic E-state index is 2.64. The molecule has 1 aliphatic carbocycles. The minimum atomic E-state index is 0.593. The highest BCUT2D eigenvalue weighted by atomic mass is 15.1. The molecule has 2 heteroatoms. The summed E-state index contributed by atoms with van der Waals surface area (Å²) in [6.07, 6.45) is 6.58. The average Bonchev–Trinajstić information content (AvgIpc) is 3.67. The molecule has 1 fully saturated rings. The van der Waals surface area contributed by atoms with Gasteiger partial charge in [0.05, 0.1) is 5.69 Å². The third kappa shape index (κ3) is 6.55. The topological polar surface area (TPSA) is 8.17 Å². The number of aromatic nitrogens is 1. The molecule has 1 aromatic heterocycles. The second kappa shape index (κ2) is 15.5. The fourth-order valence-electron chi connectivity index (χ4n) is 9.78. The van der Waals surface area contributed by atoms with Gasteiger partial charge in [0.15, 0.2) is 0 Å². The van der Waals surface area contributed by atoms with E-state index in [2.05, 4.69) is 222 Å². The largest absolute Gasteiger partial charge is 0.337 e. The van der Waals surface area contributed by atoms with Gasteiger partial charge in [0, 0.05) is 44.6 Å². The summed E-state index contributed by atoms with van der Waals surface area (Å²) in [6, 6.07) is 78.5. The van der Waals surface area contributed by atoms with Crippen molar-refractivity contribution in [3.05, 3.63) is 212 Å². The summed E-state index contributed by atoms with van der Waals surface area (Å²) in [4.78, 5) is 2.38. The third-order valence-corrected chi connectivity index (χ3v) is 12.8. The van der Waals surface area contributed by atoms with Gasteiger partial charge in [-0.05, 0) is 111 Å². The van der Waals surface area contributed by atoms with E-state index in [4.69, 9.17) is 0 Å². The number of benzene rings is 9. The van der Waals surface area contributed by atoms with E-state index in [1.54, 1.807) is 0 Å². The minimum Gasteiger partial charge on any atom is -0.337 e. The quantitative estimate of drug-likeness (QED) is 0.149. The molecule has 0 saturated heterocycles. The molecule has 10 aromatic rings. The highest BCUT2D eigenvalue weighted by molar-refractivity contribution is 6.10. The van der Waals surface area contributed by atoms with Crippen molar-refractivity contribution >= 4 is 49.6 Å². The first-order valence-corrected chi connectivity index (χ1v) is 21.5. The lowest BCUT2D eigenvalue weighted by molar-refractivity contribution is 0.367. The van der Waals surface area contributed by atoms with Crippen molar-refractivity contribution in [2.75, 3.05) is 4.90 Å². The zero-order chi connectivity index (χ0) is 39.8. The van der Waals surface area contributed by atoms with Crippen LogP contribution in [0.15, 0.2) is 212 Å². The molecule has 0 amide bonds. The van der Waals surface area contributed by atoms with Gasteiger partial charge in [0.2, 0.25) is 0 Å². The van der Waals surface area contributed by atoms with Crippen molar-refractivity contribution < 1.29 is 0 Å². The van der Waals surface area contributed by atoms with Crippen LogP contribution in [0.25, 0.3) is 77.1 Å². The summed E-state index contributed by atoms with van der Waals surface area (Å²) in [6.45, 7) is 0. The highest BCUT2D eigenvalue weighted by Gasteiger charge is 2.21. The molecule has 0 N–H and O–H groups in total. The highest BCUT2D eigenvalue weighted by Crippen LogP contribution is 2.43. The van der Waals surface area contributed by atoms with Crippen LogP contribution in [0.5, 0.6) is 0 Å². The first-order valence-electron chi connectivity index (χ1n) is 21.5. The normalized spacial score (nSPS) is 13.3. The molecule has 60 heavy (non-hydrogen) atoms. The van der Waals surface area contributed by atoms with Crippen molar-refractivity contribution in [1.82, 2.24) is 4.57 Å². The van der Waals surface area contributed by atoms with E-state index < -0.39 is 0 Å². The number of hydrogen-bond donors (Lipinski definition) is 0. The number of anilines is 3. The Morgan fingerprint density at radius 3 is 1.50 bits per heavy atom. The van der Waals surface area contributed by atoms with Crippen LogP contribution in [-0.4, -0.2) is 4.57 Å². The molecule has 11 rings (SSSR count). The van der Waals surface area contributed by atoms with Crippen molar-refractivity contribution in [2.24, 2.45) is 0 Å². The fourth-order valence-corrected chi connectivity index (χ4v) is 9.78. The number of rotatable bonds is 8. The molecule has 1 heterocycles. The maximum Gasteiger partial charge on any atom is 0.0540 e. The summed E-state index contributed by atoms with van der Waals surface area (Å²) in [5.74, 6) is 0. The Morgan fingerprint density at radius 2 is 0.817 bits per heavy atom. The summed E-state index contributed by atoms with van der Waals surface area (Å²) in [5.41, 5.74) is 15.9. The summed E-state index contributed by atoms with van der Waals surface area (Å²) >= 11 is 0. The predicted molar refractivity (Wildman–Crippen MR) is 255 cm³/mol. The average molecular weight is 771 g/mol. The molecule has 1 saturated carbocycles. The Hall–Kier alpha value is -7.16. The number of fused-ring (bicyclic) bond motifs is 4. The molecule has 0 atom stereocenters. The lowest BCUT2D eigenvalue weighted by Crippen LogP contribution is -2.12. The Bertz CT molecular complexity index is 3080. The van der Waals surface area contributed by atoms with Gasteiger partial charge in [0.25, 0.3) is 0 Å². The van der Waals surface area contributed by atoms with E-state index in [0.717, 1.165) is 17.1 Å². The first-order chi connectivity index (χ1) is 29.8. The van der Waals surface area contributed by atoms with E-state index in [0.29, 0.717) is 6.04 Å². The van der Waals surface area contributed by atoms with Crippen LogP contribution in [0.4, 0.5) is 17.1 Å². The lowest BCUT2D eigenvalue weighted by Gasteiger charge is -2.27. The Labute approximate surface area is 352 Å². The van der Waals surface area contributed by atoms with Gasteiger partial charge in [0.1, 0.15) is 0 Å². The van der Waals surface area contributed by atoms with Gasteiger partial charge >= 0.3 is 0 Å². The Morgan fingerprint density at radius 1 is 0.333 bits per heavy atom. The molecule has 0 spiro atoms. The van der Waals surface area contributed by atoms with Crippen LogP contribution in [0.2, 0.25) is 0 Å². The van der Waals surface area contributed by atoms with Gasteiger partial charge in [-0.2, -0.15) is 0 Å². The van der Waals surface area contributed by atoms with E-state index in [-0.39, 0.29) is 0 Å². The number of hydrogen-bond acceptors (Lipinski definition) is 1. The molecule has 0 radical (unpaired) electrons. The molecule has 0 unspecified atom stereocenters. The van der Waals surface area contributed by atoms with Crippen LogP contribution in [-0.2, 0) is 0 Å². The van der Waals surface area contributed by atoms with Crippen molar-refractivity contribution in [3.63, 3.8) is 0 Å². The monoisotopic (exact) mass is 770 g/mol. The maximum atomic E-state index is 2.64. The van der Waals surface area contributed by atoms with Crippen LogP contribution in [0.3, 0.4) is 0 Å². The van der Waals surface area contributed by atoms with Gasteiger partial charge < -0.3 is 9.47 Å². The zero-order valence-corrected chi connectivity index (χ0v) is 33.7. The molecule has 1 aliphatic rings. The van der Waals surface area contributed by atoms with Gasteiger partial charge in [-0.3, -0.25) is 0 Å². The van der Waals surface area contributed by atoms with E-state index in [9.17, 15) is 0 Å². The SMILES string of the molecule is c1ccc(-c2ccc(N(c3ccccc3)c3ccc(-c4ccc(-c5ccc(-c6ccc7c(c6)c6ccccc6n7C6CCCCC6)cc5)cc4)c4ccccc34)cc2)cc1. The molecule has 9 aromatic carbocycles. The first kappa shape index (κ1) is 36.0. The van der Waals surface area contributed by atoms with Gasteiger partial charge in [-0.15, -0.1) is 0 Å². The number of para-hydroxylation sites is 2. The van der Waals surface area contributed by atoms with Crippen LogP contribution in [0, 0.1) is 0 Å². The standard InChI is InChI=1S/C58H46N2/c1-4-14-41(15-5-1)44-32-35-50(36-33-44)59(48-16-6-2-7-17-48)57-39-37-51(52-20-10-11-21-53(52)57)46-30-28-43(29-31-46)42-24-26-45(27-25-42)47-34-38-58-55(40-47)54-22-12-13-23-56(54)60(58)49-18-8-3-9-19-49/h1-2,4-7,10-17,20-40,49H,3,8-9,18-19H2. The molecular weight excluding hydrogens is 725 g/mol. The summed E-state index contributed by atoms with van der Waals surface area (Å²) in [7, 11) is 0. The predicted octanol–water partition coefficient (Wildman–Crippen LogP) is 16.6. The van der Waals surface area contributed by atoms with E-state index >= 15 is 0 Å². The molecule has 2 nitrogen and oxygen atoms in total. The summed E-state index contributed by atoms with van der Waals surface area (Å²) < 4.78 is 2.64. The van der Waals surface area contributed by atoms with Crippen molar-refractivity contribution in [3.8, 4) is 44.5 Å². The molecule has 288 valence electrons. The Kier molecular flexibility index (Phi) is 9.32. The van der Waals surface area contributed by atoms with Gasteiger partial charge in [-0.1, -0.05) is 183 Å². The van der Waals surface area contributed by atoms with Crippen LogP contribution >= 0.6 is 0 Å². The lowest BCUT2D eigenvalue weighted by atomic mass is 9.94. The third-order valence-electron chi connectivity index (χ3n) is 12.8. The molecular formula is C58H46N2.